The summed E-state index contributed by atoms with van der Waals surface area (Å²) in [7, 11) is 0. The fourth-order valence-corrected chi connectivity index (χ4v) is 1.03. The second-order valence-corrected chi connectivity index (χ2v) is 2.81. The average Bonchev–Trinajstić information content (AvgIpc) is 2.12. The van der Waals surface area contributed by atoms with Crippen molar-refractivity contribution in [2.75, 3.05) is 13.1 Å². The molecule has 0 spiro atoms. The molecule has 0 heterocycles. The van der Waals surface area contributed by atoms with Crippen LogP contribution in [0.3, 0.4) is 0 Å². The molecule has 0 rings (SSSR count). The lowest BCUT2D eigenvalue weighted by Crippen LogP contribution is -2.17. The van der Waals surface area contributed by atoms with Gasteiger partial charge in [-0.1, -0.05) is 6.92 Å². The van der Waals surface area contributed by atoms with Crippen LogP contribution in [0.1, 0.15) is 34.1 Å². The highest BCUT2D eigenvalue weighted by Crippen LogP contribution is 2.01. The van der Waals surface area contributed by atoms with E-state index in [0.717, 1.165) is 18.7 Å². The Morgan fingerprint density at radius 3 is 2.08 bits per heavy atom. The van der Waals surface area contributed by atoms with Crippen molar-refractivity contribution in [3.63, 3.8) is 0 Å². The summed E-state index contributed by atoms with van der Waals surface area (Å²) in [6.07, 6.45) is 2.55. The van der Waals surface area contributed by atoms with E-state index in [1.54, 1.807) is 0 Å². The van der Waals surface area contributed by atoms with E-state index in [2.05, 4.69) is 18.7 Å². The highest BCUT2D eigenvalue weighted by molar-refractivity contribution is 5.94. The number of carbonyl (C=O) groups is 1. The molecule has 2 heteroatoms. The molecular formula is C10H19NO. The van der Waals surface area contributed by atoms with Crippen molar-refractivity contribution in [1.29, 1.82) is 0 Å². The summed E-state index contributed by atoms with van der Waals surface area (Å²) in [6, 6.07) is 0. The van der Waals surface area contributed by atoms with Gasteiger partial charge in [-0.2, -0.15) is 0 Å². The summed E-state index contributed by atoms with van der Waals surface area (Å²) >= 11 is 0. The molecule has 0 radical (unpaired) electrons. The Morgan fingerprint density at radius 1 is 1.25 bits per heavy atom. The van der Waals surface area contributed by atoms with Crippen LogP contribution in [0.15, 0.2) is 11.8 Å². The van der Waals surface area contributed by atoms with Crippen molar-refractivity contribution in [3.05, 3.63) is 11.8 Å². The molecule has 0 aliphatic heterocycles. The number of ketones is 1. The van der Waals surface area contributed by atoms with Gasteiger partial charge in [-0.3, -0.25) is 4.79 Å². The zero-order valence-electron chi connectivity index (χ0n) is 8.55. The van der Waals surface area contributed by atoms with Gasteiger partial charge in [0.1, 0.15) is 0 Å². The molecule has 0 atom stereocenters. The predicted molar refractivity (Wildman–Crippen MR) is 52.0 cm³/mol. The van der Waals surface area contributed by atoms with E-state index in [-0.39, 0.29) is 5.78 Å². The Bertz CT molecular complexity index is 169. The van der Waals surface area contributed by atoms with Gasteiger partial charge in [-0.15, -0.1) is 0 Å². The Hall–Kier alpha value is -0.790. The van der Waals surface area contributed by atoms with Gasteiger partial charge in [-0.05, 0) is 20.8 Å². The lowest BCUT2D eigenvalue weighted by Gasteiger charge is -2.16. The highest BCUT2D eigenvalue weighted by atomic mass is 16.1. The minimum Gasteiger partial charge on any atom is -0.378 e. The molecule has 0 saturated heterocycles. The third-order valence-corrected chi connectivity index (χ3v) is 1.95. The molecule has 0 amide bonds. The minimum absolute atomic E-state index is 0.238. The van der Waals surface area contributed by atoms with Crippen LogP contribution in [0.2, 0.25) is 0 Å². The normalized spacial score (nSPS) is 11.5. The monoisotopic (exact) mass is 169 g/mol. The molecule has 0 bridgehead atoms. The molecule has 0 aliphatic rings. The topological polar surface area (TPSA) is 20.3 Å². The maximum absolute atomic E-state index is 11.2. The largest absolute Gasteiger partial charge is 0.378 e. The van der Waals surface area contributed by atoms with Crippen LogP contribution in [0.4, 0.5) is 0 Å². The first-order valence-electron chi connectivity index (χ1n) is 4.61. The third-order valence-electron chi connectivity index (χ3n) is 1.95. The minimum atomic E-state index is 0.238. The molecule has 0 fully saturated rings. The molecule has 0 unspecified atom stereocenters. The van der Waals surface area contributed by atoms with Gasteiger partial charge in [0, 0.05) is 31.3 Å². The Morgan fingerprint density at radius 2 is 1.75 bits per heavy atom. The van der Waals surface area contributed by atoms with Crippen LogP contribution in [0, 0.1) is 0 Å². The van der Waals surface area contributed by atoms with Crippen molar-refractivity contribution in [2.45, 2.75) is 34.1 Å². The summed E-state index contributed by atoms with van der Waals surface area (Å²) in [5.41, 5.74) is 0.862. The molecular weight excluding hydrogens is 150 g/mol. The van der Waals surface area contributed by atoms with E-state index in [4.69, 9.17) is 0 Å². The lowest BCUT2D eigenvalue weighted by molar-refractivity contribution is -0.115. The van der Waals surface area contributed by atoms with Gasteiger partial charge in [0.2, 0.25) is 0 Å². The van der Waals surface area contributed by atoms with Gasteiger partial charge >= 0.3 is 0 Å². The van der Waals surface area contributed by atoms with E-state index < -0.39 is 0 Å². The lowest BCUT2D eigenvalue weighted by atomic mass is 10.1. The quantitative estimate of drug-likeness (QED) is 0.588. The zero-order valence-corrected chi connectivity index (χ0v) is 8.55. The number of hydrogen-bond donors (Lipinski definition) is 0. The molecule has 2 nitrogen and oxygen atoms in total. The third kappa shape index (κ3) is 3.56. The molecule has 0 aromatic heterocycles. The van der Waals surface area contributed by atoms with Gasteiger partial charge < -0.3 is 4.90 Å². The van der Waals surface area contributed by atoms with Crippen molar-refractivity contribution < 1.29 is 4.79 Å². The average molecular weight is 169 g/mol. The number of allylic oxidation sites excluding steroid dienone is 1. The van der Waals surface area contributed by atoms with Gasteiger partial charge in [-0.25, -0.2) is 0 Å². The Labute approximate surface area is 75.3 Å². The van der Waals surface area contributed by atoms with E-state index in [0.29, 0.717) is 6.42 Å². The Kier molecular flexibility index (Phi) is 5.43. The summed E-state index contributed by atoms with van der Waals surface area (Å²) in [4.78, 5) is 13.3. The van der Waals surface area contributed by atoms with Crippen molar-refractivity contribution in [3.8, 4) is 0 Å². The second kappa shape index (κ2) is 5.81. The Balaban J connectivity index is 4.21. The maximum atomic E-state index is 11.2. The smallest absolute Gasteiger partial charge is 0.159 e. The summed E-state index contributed by atoms with van der Waals surface area (Å²) < 4.78 is 0. The number of rotatable bonds is 5. The first-order chi connectivity index (χ1) is 5.65. The number of nitrogens with zero attached hydrogens (tertiary/aromatic N) is 1. The number of hydrogen-bond acceptors (Lipinski definition) is 2. The molecule has 12 heavy (non-hydrogen) atoms. The molecule has 0 N–H and O–H groups in total. The van der Waals surface area contributed by atoms with Crippen LogP contribution in [0.25, 0.3) is 0 Å². The fraction of sp³-hybridized carbons (Fsp3) is 0.700. The van der Waals surface area contributed by atoms with Gasteiger partial charge in [0.05, 0.1) is 0 Å². The number of carbonyl (C=O) groups excluding carboxylic acids is 1. The highest BCUT2D eigenvalue weighted by Gasteiger charge is 2.01. The van der Waals surface area contributed by atoms with Crippen LogP contribution in [-0.4, -0.2) is 23.8 Å². The van der Waals surface area contributed by atoms with E-state index in [1.165, 1.54) is 0 Å². The summed E-state index contributed by atoms with van der Waals surface area (Å²) in [5, 5.41) is 0. The molecule has 0 saturated carbocycles. The number of Topliss-reactive ketones (excluding diaryl/α,β-unsaturated/α-hetero) is 1. The van der Waals surface area contributed by atoms with Crippen LogP contribution in [-0.2, 0) is 4.79 Å². The zero-order chi connectivity index (χ0) is 9.56. The first-order valence-corrected chi connectivity index (χ1v) is 4.61. The van der Waals surface area contributed by atoms with Gasteiger partial charge in [0.15, 0.2) is 5.78 Å². The molecule has 0 aliphatic carbocycles. The fourth-order valence-electron chi connectivity index (χ4n) is 1.03. The predicted octanol–water partition coefficient (Wildman–Crippen LogP) is 2.21. The standard InChI is InChI=1S/C10H19NO/c1-5-10(12)9(4)8-11(6-2)7-3/h8H,5-7H2,1-4H3/b9-8+. The maximum Gasteiger partial charge on any atom is 0.159 e. The van der Waals surface area contributed by atoms with Gasteiger partial charge in [0.25, 0.3) is 0 Å². The van der Waals surface area contributed by atoms with Crippen molar-refractivity contribution >= 4 is 5.78 Å². The SMILES string of the molecule is CCC(=O)/C(C)=C/N(CC)CC. The second-order valence-electron chi connectivity index (χ2n) is 2.81. The summed E-state index contributed by atoms with van der Waals surface area (Å²) in [5.74, 6) is 0.238. The molecule has 0 aromatic rings. The van der Waals surface area contributed by atoms with E-state index in [1.807, 2.05) is 20.0 Å². The van der Waals surface area contributed by atoms with Crippen LogP contribution in [0.5, 0.6) is 0 Å². The summed E-state index contributed by atoms with van der Waals surface area (Å²) in [6.45, 7) is 9.87. The van der Waals surface area contributed by atoms with Crippen molar-refractivity contribution in [1.82, 2.24) is 4.90 Å². The van der Waals surface area contributed by atoms with Crippen LogP contribution < -0.4 is 0 Å². The molecule has 0 aromatic carbocycles. The van der Waals surface area contributed by atoms with Crippen molar-refractivity contribution in [2.24, 2.45) is 0 Å². The van der Waals surface area contributed by atoms with E-state index >= 15 is 0 Å². The van der Waals surface area contributed by atoms with Crippen LogP contribution >= 0.6 is 0 Å². The van der Waals surface area contributed by atoms with E-state index in [9.17, 15) is 4.79 Å². The first kappa shape index (κ1) is 11.2. The molecule has 70 valence electrons.